The summed E-state index contributed by atoms with van der Waals surface area (Å²) < 4.78 is 5.09. The molecule has 110 valence electrons. The molecule has 3 rings (SSSR count). The van der Waals surface area contributed by atoms with E-state index in [1.165, 1.54) is 0 Å². The number of rotatable bonds is 5. The molecule has 4 nitrogen and oxygen atoms in total. The molecule has 2 aromatic rings. The maximum absolute atomic E-state index is 11.8. The lowest BCUT2D eigenvalue weighted by Crippen LogP contribution is -2.33. The SMILES string of the molecule is CCOC(=O)CN(c1ccnc2cc(Cl)ccc12)C1CC1. The molecular formula is C16H17ClN2O2. The van der Waals surface area contributed by atoms with E-state index in [-0.39, 0.29) is 12.5 Å². The Kier molecular flexibility index (Phi) is 3.97. The second kappa shape index (κ2) is 5.90. The highest BCUT2D eigenvalue weighted by molar-refractivity contribution is 6.31. The Morgan fingerprint density at radius 1 is 1.43 bits per heavy atom. The minimum Gasteiger partial charge on any atom is -0.465 e. The molecule has 1 saturated carbocycles. The Labute approximate surface area is 128 Å². The average Bonchev–Trinajstić information content (AvgIpc) is 3.29. The van der Waals surface area contributed by atoms with E-state index in [0.29, 0.717) is 17.7 Å². The van der Waals surface area contributed by atoms with Crippen LogP contribution in [0.4, 0.5) is 5.69 Å². The highest BCUT2D eigenvalue weighted by atomic mass is 35.5. The summed E-state index contributed by atoms with van der Waals surface area (Å²) in [6, 6.07) is 8.02. The van der Waals surface area contributed by atoms with Crippen LogP contribution in [0.15, 0.2) is 30.5 Å². The number of benzene rings is 1. The molecule has 1 aromatic carbocycles. The number of anilines is 1. The third kappa shape index (κ3) is 3.10. The molecule has 0 aliphatic heterocycles. The fourth-order valence-electron chi connectivity index (χ4n) is 2.50. The first-order valence-electron chi connectivity index (χ1n) is 7.15. The van der Waals surface area contributed by atoms with Gasteiger partial charge in [0.05, 0.1) is 12.1 Å². The third-order valence-corrected chi connectivity index (χ3v) is 3.82. The summed E-state index contributed by atoms with van der Waals surface area (Å²) in [5.41, 5.74) is 1.86. The van der Waals surface area contributed by atoms with E-state index in [1.807, 2.05) is 31.2 Å². The molecule has 0 atom stereocenters. The van der Waals surface area contributed by atoms with Gasteiger partial charge in [-0.25, -0.2) is 0 Å². The van der Waals surface area contributed by atoms with E-state index in [4.69, 9.17) is 16.3 Å². The molecule has 1 aliphatic rings. The van der Waals surface area contributed by atoms with Gasteiger partial charge in [0.2, 0.25) is 0 Å². The highest BCUT2D eigenvalue weighted by Crippen LogP contribution is 2.35. The van der Waals surface area contributed by atoms with Crippen molar-refractivity contribution in [3.05, 3.63) is 35.5 Å². The van der Waals surface area contributed by atoms with Crippen molar-refractivity contribution >= 4 is 34.2 Å². The number of aromatic nitrogens is 1. The van der Waals surface area contributed by atoms with Gasteiger partial charge in [0.1, 0.15) is 6.54 Å². The van der Waals surface area contributed by atoms with Crippen LogP contribution in [0.5, 0.6) is 0 Å². The second-order valence-corrected chi connectivity index (χ2v) is 5.59. The highest BCUT2D eigenvalue weighted by Gasteiger charge is 2.31. The minimum absolute atomic E-state index is 0.191. The minimum atomic E-state index is -0.191. The van der Waals surface area contributed by atoms with Crippen molar-refractivity contribution in [1.82, 2.24) is 4.98 Å². The van der Waals surface area contributed by atoms with Crippen molar-refractivity contribution in [1.29, 1.82) is 0 Å². The lowest BCUT2D eigenvalue weighted by Gasteiger charge is -2.24. The topological polar surface area (TPSA) is 42.4 Å². The summed E-state index contributed by atoms with van der Waals surface area (Å²) >= 11 is 6.02. The van der Waals surface area contributed by atoms with Gasteiger partial charge < -0.3 is 9.64 Å². The summed E-state index contributed by atoms with van der Waals surface area (Å²) in [6.45, 7) is 2.51. The van der Waals surface area contributed by atoms with Crippen molar-refractivity contribution in [3.63, 3.8) is 0 Å². The maximum Gasteiger partial charge on any atom is 0.325 e. The van der Waals surface area contributed by atoms with Crippen LogP contribution in [0.3, 0.4) is 0 Å². The summed E-state index contributed by atoms with van der Waals surface area (Å²) in [4.78, 5) is 18.3. The third-order valence-electron chi connectivity index (χ3n) is 3.58. The molecule has 0 bridgehead atoms. The number of ether oxygens (including phenoxy) is 1. The van der Waals surface area contributed by atoms with Gasteiger partial charge in [0.25, 0.3) is 0 Å². The quantitative estimate of drug-likeness (QED) is 0.794. The number of carbonyl (C=O) groups excluding carboxylic acids is 1. The van der Waals surface area contributed by atoms with E-state index >= 15 is 0 Å². The predicted molar refractivity (Wildman–Crippen MR) is 83.8 cm³/mol. The Morgan fingerprint density at radius 2 is 2.24 bits per heavy atom. The van der Waals surface area contributed by atoms with Crippen LogP contribution in [-0.2, 0) is 9.53 Å². The smallest absolute Gasteiger partial charge is 0.325 e. The molecule has 1 aliphatic carbocycles. The Balaban J connectivity index is 1.97. The molecule has 0 N–H and O–H groups in total. The molecule has 1 fully saturated rings. The molecule has 0 unspecified atom stereocenters. The van der Waals surface area contributed by atoms with Crippen LogP contribution in [0.2, 0.25) is 5.02 Å². The molecular weight excluding hydrogens is 288 g/mol. The van der Waals surface area contributed by atoms with Crippen molar-refractivity contribution < 1.29 is 9.53 Å². The summed E-state index contributed by atoms with van der Waals surface area (Å²) in [5.74, 6) is -0.191. The molecule has 21 heavy (non-hydrogen) atoms. The first-order chi connectivity index (χ1) is 10.2. The molecule has 0 spiro atoms. The van der Waals surface area contributed by atoms with Crippen molar-refractivity contribution in [2.24, 2.45) is 0 Å². The van der Waals surface area contributed by atoms with Crippen molar-refractivity contribution in [2.75, 3.05) is 18.1 Å². The monoisotopic (exact) mass is 304 g/mol. The van der Waals surface area contributed by atoms with Crippen LogP contribution >= 0.6 is 11.6 Å². The van der Waals surface area contributed by atoms with Gasteiger partial charge in [-0.3, -0.25) is 9.78 Å². The normalized spacial score (nSPS) is 14.2. The van der Waals surface area contributed by atoms with Crippen LogP contribution in [0.25, 0.3) is 10.9 Å². The maximum atomic E-state index is 11.8. The molecule has 0 radical (unpaired) electrons. The molecule has 0 saturated heterocycles. The summed E-state index contributed by atoms with van der Waals surface area (Å²) in [5, 5.41) is 1.67. The van der Waals surface area contributed by atoms with Crippen molar-refractivity contribution in [2.45, 2.75) is 25.8 Å². The van der Waals surface area contributed by atoms with Gasteiger partial charge in [-0.2, -0.15) is 0 Å². The van der Waals surface area contributed by atoms with Crippen LogP contribution < -0.4 is 4.90 Å². The average molecular weight is 305 g/mol. The lowest BCUT2D eigenvalue weighted by molar-refractivity contribution is -0.141. The van der Waals surface area contributed by atoms with E-state index in [2.05, 4.69) is 9.88 Å². The van der Waals surface area contributed by atoms with Crippen LogP contribution in [0.1, 0.15) is 19.8 Å². The van der Waals surface area contributed by atoms with Gasteiger partial charge in [-0.1, -0.05) is 11.6 Å². The van der Waals surface area contributed by atoms with Crippen molar-refractivity contribution in [3.8, 4) is 0 Å². The molecule has 1 heterocycles. The number of carbonyl (C=O) groups is 1. The lowest BCUT2D eigenvalue weighted by atomic mass is 10.1. The van der Waals surface area contributed by atoms with Gasteiger partial charge in [0, 0.05) is 28.3 Å². The van der Waals surface area contributed by atoms with Gasteiger partial charge >= 0.3 is 5.97 Å². The van der Waals surface area contributed by atoms with Crippen LogP contribution in [-0.4, -0.2) is 30.1 Å². The second-order valence-electron chi connectivity index (χ2n) is 5.16. The first-order valence-corrected chi connectivity index (χ1v) is 7.53. The number of fused-ring (bicyclic) bond motifs is 1. The standard InChI is InChI=1S/C16H17ClN2O2/c1-2-21-16(20)10-19(12-4-5-12)15-7-8-18-14-9-11(17)3-6-13(14)15/h3,6-9,12H,2,4-5,10H2,1H3. The van der Waals surface area contributed by atoms with Gasteiger partial charge in [0.15, 0.2) is 0 Å². The van der Waals surface area contributed by atoms with E-state index < -0.39 is 0 Å². The Morgan fingerprint density at radius 3 is 2.95 bits per heavy atom. The number of pyridine rings is 1. The first kappa shape index (κ1) is 14.1. The molecule has 0 amide bonds. The predicted octanol–water partition coefficient (Wildman–Crippen LogP) is 3.42. The number of nitrogens with zero attached hydrogens (tertiary/aromatic N) is 2. The van der Waals surface area contributed by atoms with E-state index in [1.54, 1.807) is 6.20 Å². The van der Waals surface area contributed by atoms with Gasteiger partial charge in [-0.15, -0.1) is 0 Å². The summed E-state index contributed by atoms with van der Waals surface area (Å²) in [6.07, 6.45) is 3.97. The zero-order chi connectivity index (χ0) is 14.8. The number of hydrogen-bond donors (Lipinski definition) is 0. The number of esters is 1. The Bertz CT molecular complexity index is 670. The van der Waals surface area contributed by atoms with Crippen LogP contribution in [0, 0.1) is 0 Å². The fourth-order valence-corrected chi connectivity index (χ4v) is 2.67. The Hall–Kier alpha value is -1.81. The van der Waals surface area contributed by atoms with E-state index in [9.17, 15) is 4.79 Å². The van der Waals surface area contributed by atoms with Gasteiger partial charge in [-0.05, 0) is 44.0 Å². The zero-order valence-electron chi connectivity index (χ0n) is 11.9. The molecule has 1 aromatic heterocycles. The van der Waals surface area contributed by atoms with E-state index in [0.717, 1.165) is 29.4 Å². The fraction of sp³-hybridized carbons (Fsp3) is 0.375. The zero-order valence-corrected chi connectivity index (χ0v) is 12.6. The molecule has 5 heteroatoms. The number of halogens is 1. The largest absolute Gasteiger partial charge is 0.465 e. The number of hydrogen-bond acceptors (Lipinski definition) is 4. The summed E-state index contributed by atoms with van der Waals surface area (Å²) in [7, 11) is 0.